The summed E-state index contributed by atoms with van der Waals surface area (Å²) in [5.41, 5.74) is 1.88. The molecule has 1 rings (SSSR count). The van der Waals surface area contributed by atoms with Crippen LogP contribution >= 0.6 is 0 Å². The van der Waals surface area contributed by atoms with Gasteiger partial charge in [-0.1, -0.05) is 65.8 Å². The summed E-state index contributed by atoms with van der Waals surface area (Å²) < 4.78 is 0. The van der Waals surface area contributed by atoms with Gasteiger partial charge in [0.05, 0.1) is 12.6 Å². The zero-order valence-corrected chi connectivity index (χ0v) is 15.2. The molecule has 0 fully saturated rings. The number of carbonyl (C=O) groups is 2. The lowest BCUT2D eigenvalue weighted by atomic mass is 9.94. The molecule has 1 aromatic carbocycles. The van der Waals surface area contributed by atoms with Gasteiger partial charge in [0.15, 0.2) is 0 Å². The minimum absolute atomic E-state index is 0.00632. The van der Waals surface area contributed by atoms with Gasteiger partial charge in [-0.25, -0.2) is 0 Å². The van der Waals surface area contributed by atoms with Gasteiger partial charge >= 0.3 is 0 Å². The van der Waals surface area contributed by atoms with Crippen LogP contribution in [0.15, 0.2) is 24.3 Å². The summed E-state index contributed by atoms with van der Waals surface area (Å²) in [6.45, 7) is 11.8. The summed E-state index contributed by atoms with van der Waals surface area (Å²) in [6, 6.07) is 8.27. The van der Waals surface area contributed by atoms with Crippen LogP contribution in [0.3, 0.4) is 0 Å². The molecule has 0 aromatic heterocycles. The highest BCUT2D eigenvalue weighted by atomic mass is 16.2. The third-order valence-corrected chi connectivity index (χ3v) is 3.82. The van der Waals surface area contributed by atoms with E-state index < -0.39 is 5.41 Å². The van der Waals surface area contributed by atoms with Gasteiger partial charge in [0.25, 0.3) is 0 Å². The SMILES string of the molecule is CCc1ccc(C(NC(=O)CNC(=O)C(C)(C)C)C(C)C)cc1. The molecule has 0 aliphatic heterocycles. The van der Waals surface area contributed by atoms with Gasteiger partial charge < -0.3 is 10.6 Å². The van der Waals surface area contributed by atoms with E-state index in [4.69, 9.17) is 0 Å². The van der Waals surface area contributed by atoms with Crippen LogP contribution in [0.1, 0.15) is 58.7 Å². The number of rotatable bonds is 6. The molecule has 0 heterocycles. The van der Waals surface area contributed by atoms with Crippen LogP contribution in [0, 0.1) is 11.3 Å². The quantitative estimate of drug-likeness (QED) is 0.846. The summed E-state index contributed by atoms with van der Waals surface area (Å²) in [5.74, 6) is -0.0216. The lowest BCUT2D eigenvalue weighted by Gasteiger charge is -2.24. The van der Waals surface area contributed by atoms with E-state index in [1.54, 1.807) is 0 Å². The fraction of sp³-hybridized carbons (Fsp3) is 0.579. The standard InChI is InChI=1S/C19H30N2O2/c1-7-14-8-10-15(11-9-14)17(13(2)3)21-16(22)12-20-18(23)19(4,5)6/h8-11,13,17H,7,12H2,1-6H3,(H,20,23)(H,21,22). The molecule has 2 amide bonds. The van der Waals surface area contributed by atoms with Crippen molar-refractivity contribution in [3.63, 3.8) is 0 Å². The Bertz CT molecular complexity index is 527. The van der Waals surface area contributed by atoms with Crippen molar-refractivity contribution in [1.29, 1.82) is 0 Å². The summed E-state index contributed by atoms with van der Waals surface area (Å²) in [4.78, 5) is 24.0. The molecule has 0 aliphatic carbocycles. The third kappa shape index (κ3) is 6.05. The highest BCUT2D eigenvalue weighted by molar-refractivity contribution is 5.87. The lowest BCUT2D eigenvalue weighted by molar-refractivity contribution is -0.131. The third-order valence-electron chi connectivity index (χ3n) is 3.82. The Hall–Kier alpha value is -1.84. The van der Waals surface area contributed by atoms with Gasteiger partial charge in [0.2, 0.25) is 11.8 Å². The first-order valence-electron chi connectivity index (χ1n) is 8.31. The molecule has 128 valence electrons. The number of aryl methyl sites for hydroxylation is 1. The van der Waals surface area contributed by atoms with Crippen LogP contribution in [0.5, 0.6) is 0 Å². The number of hydrogen-bond donors (Lipinski definition) is 2. The largest absolute Gasteiger partial charge is 0.348 e. The molecule has 4 heteroatoms. The second-order valence-corrected chi connectivity index (χ2v) is 7.32. The van der Waals surface area contributed by atoms with Crippen molar-refractivity contribution >= 4 is 11.8 Å². The van der Waals surface area contributed by atoms with E-state index in [1.165, 1.54) is 5.56 Å². The fourth-order valence-electron chi connectivity index (χ4n) is 2.25. The average Bonchev–Trinajstić information content (AvgIpc) is 2.49. The summed E-state index contributed by atoms with van der Waals surface area (Å²) in [6.07, 6.45) is 0.998. The summed E-state index contributed by atoms with van der Waals surface area (Å²) >= 11 is 0. The maximum Gasteiger partial charge on any atom is 0.239 e. The Balaban J connectivity index is 2.68. The predicted molar refractivity (Wildman–Crippen MR) is 94.0 cm³/mol. The molecule has 23 heavy (non-hydrogen) atoms. The number of benzene rings is 1. The van der Waals surface area contributed by atoms with E-state index >= 15 is 0 Å². The zero-order chi connectivity index (χ0) is 17.6. The monoisotopic (exact) mass is 318 g/mol. The molecule has 0 saturated heterocycles. The molecule has 1 atom stereocenters. The maximum absolute atomic E-state index is 12.2. The van der Waals surface area contributed by atoms with Gasteiger partial charge in [-0.3, -0.25) is 9.59 Å². The van der Waals surface area contributed by atoms with E-state index in [-0.39, 0.29) is 30.3 Å². The number of nitrogens with one attached hydrogen (secondary N) is 2. The molecule has 2 N–H and O–H groups in total. The molecule has 0 aliphatic rings. The molecular weight excluding hydrogens is 288 g/mol. The second-order valence-electron chi connectivity index (χ2n) is 7.32. The molecule has 0 bridgehead atoms. The van der Waals surface area contributed by atoms with Gasteiger partial charge in [-0.15, -0.1) is 0 Å². The molecule has 1 unspecified atom stereocenters. The number of carbonyl (C=O) groups excluding carboxylic acids is 2. The summed E-state index contributed by atoms with van der Waals surface area (Å²) in [5, 5.41) is 5.71. The normalized spacial score (nSPS) is 12.8. The average molecular weight is 318 g/mol. The zero-order valence-electron chi connectivity index (χ0n) is 15.2. The number of hydrogen-bond acceptors (Lipinski definition) is 2. The van der Waals surface area contributed by atoms with Crippen molar-refractivity contribution in [2.75, 3.05) is 6.54 Å². The topological polar surface area (TPSA) is 58.2 Å². The Labute approximate surface area is 140 Å². The van der Waals surface area contributed by atoms with Crippen molar-refractivity contribution in [2.45, 2.75) is 54.0 Å². The molecular formula is C19H30N2O2. The van der Waals surface area contributed by atoms with Crippen LogP contribution < -0.4 is 10.6 Å². The van der Waals surface area contributed by atoms with Gasteiger partial charge in [0, 0.05) is 5.41 Å². The van der Waals surface area contributed by atoms with E-state index in [0.717, 1.165) is 12.0 Å². The molecule has 0 radical (unpaired) electrons. The van der Waals surface area contributed by atoms with E-state index in [2.05, 4.69) is 55.7 Å². The van der Waals surface area contributed by atoms with Gasteiger partial charge in [0.1, 0.15) is 0 Å². The van der Waals surface area contributed by atoms with Crippen LogP contribution in [0.25, 0.3) is 0 Å². The van der Waals surface area contributed by atoms with E-state index in [9.17, 15) is 9.59 Å². The second kappa shape index (κ2) is 8.14. The fourth-order valence-corrected chi connectivity index (χ4v) is 2.25. The van der Waals surface area contributed by atoms with Crippen LogP contribution in [-0.2, 0) is 16.0 Å². The van der Waals surface area contributed by atoms with Crippen LogP contribution in [0.4, 0.5) is 0 Å². The minimum Gasteiger partial charge on any atom is -0.348 e. The molecule has 4 nitrogen and oxygen atoms in total. The van der Waals surface area contributed by atoms with Crippen molar-refractivity contribution in [3.05, 3.63) is 35.4 Å². The van der Waals surface area contributed by atoms with Crippen LogP contribution in [-0.4, -0.2) is 18.4 Å². The van der Waals surface area contributed by atoms with Crippen molar-refractivity contribution in [3.8, 4) is 0 Å². The van der Waals surface area contributed by atoms with E-state index in [1.807, 2.05) is 20.8 Å². The lowest BCUT2D eigenvalue weighted by Crippen LogP contribution is -2.43. The molecule has 0 saturated carbocycles. The summed E-state index contributed by atoms with van der Waals surface area (Å²) in [7, 11) is 0. The Morgan fingerprint density at radius 3 is 2.09 bits per heavy atom. The first-order valence-corrected chi connectivity index (χ1v) is 8.31. The minimum atomic E-state index is -0.492. The van der Waals surface area contributed by atoms with E-state index in [0.29, 0.717) is 0 Å². The van der Waals surface area contributed by atoms with Crippen molar-refractivity contribution < 1.29 is 9.59 Å². The van der Waals surface area contributed by atoms with Gasteiger partial charge in [-0.05, 0) is 23.5 Å². The highest BCUT2D eigenvalue weighted by Crippen LogP contribution is 2.22. The molecule has 1 aromatic rings. The first-order chi connectivity index (χ1) is 10.6. The molecule has 0 spiro atoms. The predicted octanol–water partition coefficient (Wildman–Crippen LogP) is 3.22. The Morgan fingerprint density at radius 2 is 1.65 bits per heavy atom. The van der Waals surface area contributed by atoms with Crippen molar-refractivity contribution in [2.24, 2.45) is 11.3 Å². The smallest absolute Gasteiger partial charge is 0.239 e. The van der Waals surface area contributed by atoms with Crippen LogP contribution in [0.2, 0.25) is 0 Å². The number of amides is 2. The maximum atomic E-state index is 12.2. The Kier molecular flexibility index (Phi) is 6.79. The first kappa shape index (κ1) is 19.2. The van der Waals surface area contributed by atoms with Crippen molar-refractivity contribution in [1.82, 2.24) is 10.6 Å². The highest BCUT2D eigenvalue weighted by Gasteiger charge is 2.23. The Morgan fingerprint density at radius 1 is 1.09 bits per heavy atom. The van der Waals surface area contributed by atoms with Gasteiger partial charge in [-0.2, -0.15) is 0 Å².